The maximum atomic E-state index is 14.2. The molecule has 0 heterocycles. The molecule has 0 spiro atoms. The van der Waals surface area contributed by atoms with Crippen molar-refractivity contribution in [3.8, 4) is 11.1 Å². The summed E-state index contributed by atoms with van der Waals surface area (Å²) in [6.45, 7) is 4.12. The Hall–Kier alpha value is -2.64. The number of hydrogen-bond donors (Lipinski definition) is 2. The van der Waals surface area contributed by atoms with E-state index in [0.717, 1.165) is 18.4 Å². The molecule has 32 heavy (non-hydrogen) atoms. The number of unbranched alkanes of at least 4 members (excludes halogenated alkanes) is 1. The number of nitrogens with one attached hydrogen (secondary N) is 1. The van der Waals surface area contributed by atoms with Gasteiger partial charge in [-0.05, 0) is 55.5 Å². The quantitative estimate of drug-likeness (QED) is 0.342. The molecule has 174 valence electrons. The van der Waals surface area contributed by atoms with Crippen LogP contribution < -0.4 is 5.32 Å². The van der Waals surface area contributed by atoms with Crippen LogP contribution in [-0.2, 0) is 14.3 Å². The van der Waals surface area contributed by atoms with Crippen molar-refractivity contribution in [1.29, 1.82) is 0 Å². The third-order valence-corrected chi connectivity index (χ3v) is 5.10. The highest BCUT2D eigenvalue weighted by atomic mass is 35.5. The lowest BCUT2D eigenvalue weighted by atomic mass is 9.97. The second-order valence-electron chi connectivity index (χ2n) is 7.28. The lowest BCUT2D eigenvalue weighted by Crippen LogP contribution is -2.31. The van der Waals surface area contributed by atoms with Gasteiger partial charge in [-0.15, -0.1) is 0 Å². The SMILES string of the molecule is CCCCOC(=O)NC(CCC(O)C(=O)OCC)c1ccc(-c2cc(Cl)ccc2F)cc1. The molecule has 2 aromatic rings. The zero-order chi connectivity index (χ0) is 23.5. The molecule has 0 aliphatic heterocycles. The summed E-state index contributed by atoms with van der Waals surface area (Å²) in [4.78, 5) is 23.9. The van der Waals surface area contributed by atoms with Crippen LogP contribution in [0.4, 0.5) is 9.18 Å². The third kappa shape index (κ3) is 7.80. The van der Waals surface area contributed by atoms with Gasteiger partial charge in [-0.1, -0.05) is 49.2 Å². The van der Waals surface area contributed by atoms with Gasteiger partial charge in [0, 0.05) is 10.6 Å². The largest absolute Gasteiger partial charge is 0.464 e. The van der Waals surface area contributed by atoms with Gasteiger partial charge in [0.1, 0.15) is 5.82 Å². The maximum absolute atomic E-state index is 14.2. The molecule has 0 saturated carbocycles. The number of carbonyl (C=O) groups is 2. The lowest BCUT2D eigenvalue weighted by Gasteiger charge is -2.21. The topological polar surface area (TPSA) is 84.9 Å². The molecule has 0 saturated heterocycles. The summed E-state index contributed by atoms with van der Waals surface area (Å²) in [6.07, 6.45) is 0.120. The smallest absolute Gasteiger partial charge is 0.407 e. The van der Waals surface area contributed by atoms with Gasteiger partial charge >= 0.3 is 12.1 Å². The van der Waals surface area contributed by atoms with E-state index in [-0.39, 0.29) is 19.4 Å². The highest BCUT2D eigenvalue weighted by Crippen LogP contribution is 2.28. The van der Waals surface area contributed by atoms with Crippen LogP contribution in [0, 0.1) is 5.82 Å². The zero-order valence-corrected chi connectivity index (χ0v) is 19.0. The van der Waals surface area contributed by atoms with Gasteiger partial charge in [0.15, 0.2) is 6.10 Å². The number of esters is 1. The average molecular weight is 466 g/mol. The van der Waals surface area contributed by atoms with Crippen LogP contribution in [0.1, 0.15) is 51.1 Å². The normalized spacial score (nSPS) is 12.7. The molecule has 0 bridgehead atoms. The van der Waals surface area contributed by atoms with Gasteiger partial charge in [0.05, 0.1) is 19.3 Å². The number of aliphatic hydroxyl groups excluding tert-OH is 1. The van der Waals surface area contributed by atoms with E-state index in [4.69, 9.17) is 21.1 Å². The highest BCUT2D eigenvalue weighted by molar-refractivity contribution is 6.30. The van der Waals surface area contributed by atoms with Crippen LogP contribution >= 0.6 is 11.6 Å². The first-order valence-corrected chi connectivity index (χ1v) is 11.1. The van der Waals surface area contributed by atoms with E-state index >= 15 is 0 Å². The van der Waals surface area contributed by atoms with E-state index in [0.29, 0.717) is 22.8 Å². The Bertz CT molecular complexity index is 890. The van der Waals surface area contributed by atoms with Gasteiger partial charge < -0.3 is 19.9 Å². The summed E-state index contributed by atoms with van der Waals surface area (Å²) < 4.78 is 24.2. The van der Waals surface area contributed by atoms with Crippen LogP contribution in [-0.4, -0.2) is 36.5 Å². The van der Waals surface area contributed by atoms with Gasteiger partial charge in [-0.2, -0.15) is 0 Å². The van der Waals surface area contributed by atoms with Crippen molar-refractivity contribution in [2.75, 3.05) is 13.2 Å². The molecule has 2 unspecified atom stereocenters. The molecule has 0 fully saturated rings. The van der Waals surface area contributed by atoms with Crippen LogP contribution in [0.5, 0.6) is 0 Å². The summed E-state index contributed by atoms with van der Waals surface area (Å²) in [5, 5.41) is 13.2. The fraction of sp³-hybridized carbons (Fsp3) is 0.417. The van der Waals surface area contributed by atoms with Gasteiger partial charge in [0.2, 0.25) is 0 Å². The van der Waals surface area contributed by atoms with E-state index in [1.165, 1.54) is 12.1 Å². The first kappa shape index (κ1) is 25.6. The predicted molar refractivity (Wildman–Crippen MR) is 121 cm³/mol. The molecule has 6 nitrogen and oxygen atoms in total. The molecule has 8 heteroatoms. The summed E-state index contributed by atoms with van der Waals surface area (Å²) in [5.41, 5.74) is 1.72. The summed E-state index contributed by atoms with van der Waals surface area (Å²) >= 11 is 5.99. The number of rotatable bonds is 11. The summed E-state index contributed by atoms with van der Waals surface area (Å²) in [5.74, 6) is -1.10. The maximum Gasteiger partial charge on any atom is 0.407 e. The molecule has 0 radical (unpaired) electrons. The first-order chi connectivity index (χ1) is 15.3. The number of benzene rings is 2. The highest BCUT2D eigenvalue weighted by Gasteiger charge is 2.22. The molecule has 1 amide bonds. The molecule has 0 aliphatic rings. The van der Waals surface area contributed by atoms with Gasteiger partial charge in [-0.3, -0.25) is 0 Å². The Balaban J connectivity index is 2.16. The number of ether oxygens (including phenoxy) is 2. The number of carbonyl (C=O) groups excluding carboxylic acids is 2. The van der Waals surface area contributed by atoms with E-state index in [1.54, 1.807) is 37.3 Å². The van der Waals surface area contributed by atoms with Crippen molar-refractivity contribution in [2.45, 2.75) is 51.7 Å². The van der Waals surface area contributed by atoms with E-state index < -0.39 is 30.0 Å². The Labute approximate surface area is 192 Å². The Kier molecular flexibility index (Phi) is 10.4. The van der Waals surface area contributed by atoms with Crippen LogP contribution in [0.25, 0.3) is 11.1 Å². The fourth-order valence-corrected chi connectivity index (χ4v) is 3.28. The van der Waals surface area contributed by atoms with Crippen molar-refractivity contribution in [3.05, 3.63) is 58.9 Å². The predicted octanol–water partition coefficient (Wildman–Crippen LogP) is 5.42. The van der Waals surface area contributed by atoms with Crippen molar-refractivity contribution in [1.82, 2.24) is 5.32 Å². The molecule has 2 atom stereocenters. The number of hydrogen-bond acceptors (Lipinski definition) is 5. The number of alkyl carbamates (subject to hydrolysis) is 1. The number of halogens is 2. The summed E-state index contributed by atoms with van der Waals surface area (Å²) in [6, 6.07) is 10.8. The van der Waals surface area contributed by atoms with Crippen LogP contribution in [0.2, 0.25) is 5.02 Å². The lowest BCUT2D eigenvalue weighted by molar-refractivity contribution is -0.153. The van der Waals surface area contributed by atoms with Crippen molar-refractivity contribution in [2.24, 2.45) is 0 Å². The Morgan fingerprint density at radius 2 is 1.81 bits per heavy atom. The summed E-state index contributed by atoms with van der Waals surface area (Å²) in [7, 11) is 0. The molecule has 2 aromatic carbocycles. The van der Waals surface area contributed by atoms with Crippen LogP contribution in [0.3, 0.4) is 0 Å². The third-order valence-electron chi connectivity index (χ3n) is 4.86. The van der Waals surface area contributed by atoms with Crippen molar-refractivity contribution < 1.29 is 28.6 Å². The Morgan fingerprint density at radius 1 is 1.09 bits per heavy atom. The van der Waals surface area contributed by atoms with Gasteiger partial charge in [0.25, 0.3) is 0 Å². The zero-order valence-electron chi connectivity index (χ0n) is 18.3. The van der Waals surface area contributed by atoms with E-state index in [9.17, 15) is 19.1 Å². The first-order valence-electron chi connectivity index (χ1n) is 10.7. The molecular weight excluding hydrogens is 437 g/mol. The Morgan fingerprint density at radius 3 is 2.47 bits per heavy atom. The second kappa shape index (κ2) is 13.0. The number of amides is 1. The molecular formula is C24H29ClFNO5. The standard InChI is InChI=1S/C24H29ClFNO5/c1-3-5-14-32-24(30)27-21(12-13-22(28)23(29)31-4-2)17-8-6-16(7-9-17)19-15-18(25)10-11-20(19)26/h6-11,15,21-22,28H,3-5,12-14H2,1-2H3,(H,27,30). The minimum atomic E-state index is -1.30. The second-order valence-corrected chi connectivity index (χ2v) is 7.71. The van der Waals surface area contributed by atoms with Crippen molar-refractivity contribution in [3.63, 3.8) is 0 Å². The molecule has 2 rings (SSSR count). The van der Waals surface area contributed by atoms with Gasteiger partial charge in [-0.25, -0.2) is 14.0 Å². The fourth-order valence-electron chi connectivity index (χ4n) is 3.11. The minimum absolute atomic E-state index is 0.0867. The van der Waals surface area contributed by atoms with E-state index in [2.05, 4.69) is 5.32 Å². The number of aliphatic hydroxyl groups is 1. The molecule has 0 aromatic heterocycles. The van der Waals surface area contributed by atoms with E-state index in [1.807, 2.05) is 6.92 Å². The van der Waals surface area contributed by atoms with Crippen molar-refractivity contribution >= 4 is 23.7 Å². The molecule has 0 aliphatic carbocycles. The average Bonchev–Trinajstić information content (AvgIpc) is 2.78. The minimum Gasteiger partial charge on any atom is -0.464 e. The monoisotopic (exact) mass is 465 g/mol. The molecule has 2 N–H and O–H groups in total. The van der Waals surface area contributed by atoms with Crippen LogP contribution in [0.15, 0.2) is 42.5 Å².